The molecule has 0 fully saturated rings. The fourth-order valence-electron chi connectivity index (χ4n) is 0.670. The minimum atomic E-state index is -1.26. The third-order valence-electron chi connectivity index (χ3n) is 1.16. The summed E-state index contributed by atoms with van der Waals surface area (Å²) in [5.74, 6) is 0. The van der Waals surface area contributed by atoms with Crippen molar-refractivity contribution in [1.82, 2.24) is 0 Å². The van der Waals surface area contributed by atoms with E-state index < -0.39 is 7.12 Å². The van der Waals surface area contributed by atoms with Crippen molar-refractivity contribution < 1.29 is 35.5 Å². The fourth-order valence-corrected chi connectivity index (χ4v) is 0.670. The second kappa shape index (κ2) is 5.98. The molecule has 0 aliphatic carbocycles. The monoisotopic (exact) mass is 332 g/mol. The first kappa shape index (κ1) is 11.4. The van der Waals surface area contributed by atoms with Gasteiger partial charge in [-0.2, -0.15) is 30.3 Å². The zero-order chi connectivity index (χ0) is 8.10. The summed E-state index contributed by atoms with van der Waals surface area (Å²) >= 11 is 0. The molecule has 0 heterocycles. The summed E-state index contributed by atoms with van der Waals surface area (Å²) in [5, 5.41) is 9.00. The first-order valence-corrected chi connectivity index (χ1v) is 3.02. The van der Waals surface area contributed by atoms with Crippen LogP contribution >= 0.6 is 0 Å². The average molecular weight is 332 g/mol. The van der Waals surface area contributed by atoms with E-state index in [0.717, 1.165) is 6.47 Å². The molecule has 0 bridgehead atoms. The molecule has 60 valence electrons. The molecule has 0 amide bonds. The normalized spacial score (nSPS) is 8.08. The number of benzene rings is 1. The van der Waals surface area contributed by atoms with E-state index in [1.165, 1.54) is 0 Å². The standard InChI is InChI=1S/C7H5BO3.W/c9-6-11-8(10)7-4-2-1-3-5-7;/h1-4,10H;/q-2;+2. The fraction of sp³-hybridized carbons (Fsp3) is 0. The van der Waals surface area contributed by atoms with Gasteiger partial charge in [-0.1, -0.05) is 6.47 Å². The van der Waals surface area contributed by atoms with Crippen molar-refractivity contribution in [2.45, 2.75) is 0 Å². The van der Waals surface area contributed by atoms with Crippen LogP contribution in [0.3, 0.4) is 0 Å². The van der Waals surface area contributed by atoms with Crippen LogP contribution < -0.4 is 5.46 Å². The molecule has 0 aliphatic rings. The predicted octanol–water partition coefficient (Wildman–Crippen LogP) is -0.744. The Morgan fingerprint density at radius 1 is 1.58 bits per heavy atom. The van der Waals surface area contributed by atoms with Gasteiger partial charge in [-0.05, 0) is 0 Å². The van der Waals surface area contributed by atoms with Crippen LogP contribution in [0.5, 0.6) is 0 Å². The molecule has 1 aromatic carbocycles. The van der Waals surface area contributed by atoms with E-state index in [4.69, 9.17) is 5.02 Å². The quantitative estimate of drug-likeness (QED) is 0.586. The number of carbonyl (C=O) groups excluding carboxylic acids is 1. The molecule has 0 aromatic heterocycles. The SMILES string of the molecule is O=[C-]OB(O)c1[c-]cccc1.[W+2]. The van der Waals surface area contributed by atoms with E-state index in [1.807, 2.05) is 0 Å². The Bertz CT molecular complexity index is 229. The molecule has 1 N–H and O–H groups in total. The number of hydrogen-bond acceptors (Lipinski definition) is 3. The second-order valence-electron chi connectivity index (χ2n) is 1.87. The number of hydrogen-bond donors (Lipinski definition) is 1. The molecule has 0 radical (unpaired) electrons. The van der Waals surface area contributed by atoms with Crippen LogP contribution in [0, 0.1) is 6.07 Å². The molecule has 0 saturated heterocycles. The van der Waals surface area contributed by atoms with E-state index in [1.54, 1.807) is 24.3 Å². The molecule has 3 nitrogen and oxygen atoms in total. The van der Waals surface area contributed by atoms with Crippen molar-refractivity contribution in [2.75, 3.05) is 0 Å². The van der Waals surface area contributed by atoms with Crippen molar-refractivity contribution in [2.24, 2.45) is 0 Å². The predicted molar refractivity (Wildman–Crippen MR) is 39.7 cm³/mol. The van der Waals surface area contributed by atoms with Crippen molar-refractivity contribution in [1.29, 1.82) is 0 Å². The van der Waals surface area contributed by atoms with Gasteiger partial charge in [-0.15, -0.1) is 5.46 Å². The largest absolute Gasteiger partial charge is 2.00 e. The van der Waals surface area contributed by atoms with E-state index in [9.17, 15) is 4.79 Å². The van der Waals surface area contributed by atoms with Crippen molar-refractivity contribution in [3.8, 4) is 0 Å². The Morgan fingerprint density at radius 2 is 2.33 bits per heavy atom. The van der Waals surface area contributed by atoms with Gasteiger partial charge in [-0.25, -0.2) is 0 Å². The Balaban J connectivity index is 0.00000121. The van der Waals surface area contributed by atoms with Gasteiger partial charge in [0.2, 0.25) is 0 Å². The third-order valence-corrected chi connectivity index (χ3v) is 1.16. The van der Waals surface area contributed by atoms with Crippen molar-refractivity contribution in [3.05, 3.63) is 30.3 Å². The van der Waals surface area contributed by atoms with Crippen LogP contribution in [0.4, 0.5) is 0 Å². The van der Waals surface area contributed by atoms with Crippen LogP contribution in [-0.4, -0.2) is 18.6 Å². The van der Waals surface area contributed by atoms with E-state index >= 15 is 0 Å². The summed E-state index contributed by atoms with van der Waals surface area (Å²) in [6.07, 6.45) is 0. The van der Waals surface area contributed by atoms with Crippen LogP contribution in [-0.2, 0) is 30.5 Å². The Kier molecular flexibility index (Phi) is 5.68. The average Bonchev–Trinajstić information content (AvgIpc) is 2.07. The van der Waals surface area contributed by atoms with Gasteiger partial charge in [-0.3, -0.25) is 0 Å². The minimum absolute atomic E-state index is 0. The molecule has 0 saturated carbocycles. The molecule has 1 aromatic rings. The van der Waals surface area contributed by atoms with Gasteiger partial charge in [0.05, 0.1) is 0 Å². The molecule has 5 heteroatoms. The molecule has 1 rings (SSSR count). The van der Waals surface area contributed by atoms with Gasteiger partial charge >= 0.3 is 28.2 Å². The van der Waals surface area contributed by atoms with E-state index in [0.29, 0.717) is 5.46 Å². The second-order valence-corrected chi connectivity index (χ2v) is 1.87. The molecule has 0 atom stereocenters. The molecular weight excluding hydrogens is 327 g/mol. The maximum absolute atomic E-state index is 9.67. The molecule has 0 aliphatic heterocycles. The Morgan fingerprint density at radius 3 is 2.83 bits per heavy atom. The van der Waals surface area contributed by atoms with E-state index in [2.05, 4.69) is 10.7 Å². The Labute approximate surface area is 85.1 Å². The summed E-state index contributed by atoms with van der Waals surface area (Å²) in [4.78, 5) is 9.67. The first-order valence-electron chi connectivity index (χ1n) is 3.02. The maximum Gasteiger partial charge on any atom is 2.00 e. The minimum Gasteiger partial charge on any atom is -0.702 e. The van der Waals surface area contributed by atoms with Crippen LogP contribution in [0.2, 0.25) is 0 Å². The zero-order valence-electron chi connectivity index (χ0n) is 6.06. The topological polar surface area (TPSA) is 46.5 Å². The van der Waals surface area contributed by atoms with Crippen molar-refractivity contribution >= 4 is 19.1 Å². The summed E-state index contributed by atoms with van der Waals surface area (Å²) in [6, 6.07) is 9.38. The summed E-state index contributed by atoms with van der Waals surface area (Å²) in [6.45, 7) is 1.15. The smallest absolute Gasteiger partial charge is 0.702 e. The van der Waals surface area contributed by atoms with Gasteiger partial charge in [0.15, 0.2) is 0 Å². The first-order chi connectivity index (χ1) is 5.34. The van der Waals surface area contributed by atoms with Gasteiger partial charge in [0.25, 0.3) is 0 Å². The summed E-state index contributed by atoms with van der Waals surface area (Å²) < 4.78 is 4.15. The van der Waals surface area contributed by atoms with Gasteiger partial charge < -0.3 is 14.5 Å². The summed E-state index contributed by atoms with van der Waals surface area (Å²) in [7, 11) is -1.26. The van der Waals surface area contributed by atoms with Crippen LogP contribution in [0.15, 0.2) is 24.3 Å². The van der Waals surface area contributed by atoms with Crippen molar-refractivity contribution in [3.63, 3.8) is 0 Å². The Hall–Kier alpha value is -0.597. The van der Waals surface area contributed by atoms with Gasteiger partial charge in [0.1, 0.15) is 0 Å². The van der Waals surface area contributed by atoms with Crippen LogP contribution in [0.25, 0.3) is 0 Å². The third kappa shape index (κ3) is 3.20. The summed E-state index contributed by atoms with van der Waals surface area (Å²) in [5.41, 5.74) is 0.413. The van der Waals surface area contributed by atoms with Gasteiger partial charge in [0, 0.05) is 0 Å². The molecule has 12 heavy (non-hydrogen) atoms. The number of rotatable bonds is 3. The maximum atomic E-state index is 9.67. The molecule has 0 unspecified atom stereocenters. The van der Waals surface area contributed by atoms with E-state index in [-0.39, 0.29) is 21.1 Å². The molecule has 0 spiro atoms. The molecular formula is C7H5BO3W. The zero-order valence-corrected chi connectivity index (χ0v) is 8.99. The van der Waals surface area contributed by atoms with Crippen LogP contribution in [0.1, 0.15) is 0 Å².